The van der Waals surface area contributed by atoms with Gasteiger partial charge in [0.05, 0.1) is 12.6 Å². The number of halogens is 1. The number of pyridine rings is 1. The van der Waals surface area contributed by atoms with Crippen LogP contribution in [0.25, 0.3) is 0 Å². The Kier molecular flexibility index (Phi) is 4.25. The fourth-order valence-corrected chi connectivity index (χ4v) is 2.46. The third-order valence-corrected chi connectivity index (χ3v) is 3.86. The summed E-state index contributed by atoms with van der Waals surface area (Å²) in [6.45, 7) is 0.0746. The minimum atomic E-state index is -0.925. The number of nitrogens with zero attached hydrogens (tertiary/aromatic N) is 2. The van der Waals surface area contributed by atoms with E-state index in [4.69, 9.17) is 0 Å². The number of rotatable bonds is 5. The van der Waals surface area contributed by atoms with Gasteiger partial charge in [-0.05, 0) is 42.7 Å². The second-order valence-electron chi connectivity index (χ2n) is 5.63. The summed E-state index contributed by atoms with van der Waals surface area (Å²) < 4.78 is 13.0. The molecule has 0 radical (unpaired) electrons. The van der Waals surface area contributed by atoms with Gasteiger partial charge in [0.1, 0.15) is 11.6 Å². The SMILES string of the molecule is O=C(c1ncccc1O)N(CC(O)c1ccc(F)cc1)C1CC1. The minimum Gasteiger partial charge on any atom is -0.505 e. The van der Waals surface area contributed by atoms with Crippen LogP contribution in [0.4, 0.5) is 4.39 Å². The molecular weight excluding hydrogens is 299 g/mol. The van der Waals surface area contributed by atoms with E-state index in [1.165, 1.54) is 41.4 Å². The van der Waals surface area contributed by atoms with Gasteiger partial charge >= 0.3 is 0 Å². The van der Waals surface area contributed by atoms with Crippen molar-refractivity contribution in [1.29, 1.82) is 0 Å². The molecule has 5 nitrogen and oxygen atoms in total. The van der Waals surface area contributed by atoms with Crippen LogP contribution in [0.3, 0.4) is 0 Å². The number of aliphatic hydroxyl groups excluding tert-OH is 1. The largest absolute Gasteiger partial charge is 0.505 e. The van der Waals surface area contributed by atoms with Crippen LogP contribution in [0.5, 0.6) is 5.75 Å². The predicted molar refractivity (Wildman–Crippen MR) is 81.3 cm³/mol. The number of carbonyl (C=O) groups is 1. The Morgan fingerprint density at radius 2 is 2.00 bits per heavy atom. The highest BCUT2D eigenvalue weighted by atomic mass is 19.1. The first-order valence-electron chi connectivity index (χ1n) is 7.44. The highest BCUT2D eigenvalue weighted by Crippen LogP contribution is 2.31. The van der Waals surface area contributed by atoms with E-state index in [0.717, 1.165) is 12.8 Å². The third-order valence-electron chi connectivity index (χ3n) is 3.86. The minimum absolute atomic E-state index is 0.0225. The van der Waals surface area contributed by atoms with E-state index < -0.39 is 12.0 Å². The summed E-state index contributed by atoms with van der Waals surface area (Å²) in [5.41, 5.74) is 0.515. The molecule has 2 aromatic rings. The zero-order valence-corrected chi connectivity index (χ0v) is 12.4. The summed E-state index contributed by atoms with van der Waals surface area (Å²) in [4.78, 5) is 18.1. The van der Waals surface area contributed by atoms with E-state index in [1.54, 1.807) is 6.07 Å². The molecule has 1 amide bonds. The molecule has 1 heterocycles. The van der Waals surface area contributed by atoms with Crippen molar-refractivity contribution in [3.8, 4) is 5.75 Å². The molecule has 1 saturated carbocycles. The van der Waals surface area contributed by atoms with Gasteiger partial charge in [-0.15, -0.1) is 0 Å². The van der Waals surface area contributed by atoms with Gasteiger partial charge in [-0.1, -0.05) is 12.1 Å². The molecule has 1 aliphatic carbocycles. The molecule has 0 aliphatic heterocycles. The summed E-state index contributed by atoms with van der Waals surface area (Å²) in [5, 5.41) is 20.1. The Balaban J connectivity index is 1.78. The van der Waals surface area contributed by atoms with Gasteiger partial charge in [0.25, 0.3) is 5.91 Å². The molecule has 120 valence electrons. The predicted octanol–water partition coefficient (Wildman–Crippen LogP) is 2.26. The van der Waals surface area contributed by atoms with Crippen molar-refractivity contribution in [1.82, 2.24) is 9.88 Å². The molecule has 1 aromatic heterocycles. The highest BCUT2D eigenvalue weighted by molar-refractivity contribution is 5.95. The molecule has 23 heavy (non-hydrogen) atoms. The van der Waals surface area contributed by atoms with E-state index in [2.05, 4.69) is 4.98 Å². The van der Waals surface area contributed by atoms with Crippen molar-refractivity contribution < 1.29 is 19.4 Å². The molecule has 0 bridgehead atoms. The fourth-order valence-electron chi connectivity index (χ4n) is 2.46. The molecule has 1 atom stereocenters. The number of aromatic nitrogens is 1. The Hall–Kier alpha value is -2.47. The lowest BCUT2D eigenvalue weighted by Gasteiger charge is -2.25. The first-order chi connectivity index (χ1) is 11.1. The Morgan fingerprint density at radius 1 is 1.30 bits per heavy atom. The van der Waals surface area contributed by atoms with E-state index in [-0.39, 0.29) is 29.8 Å². The van der Waals surface area contributed by atoms with Crippen LogP contribution in [0, 0.1) is 5.82 Å². The monoisotopic (exact) mass is 316 g/mol. The number of hydrogen-bond donors (Lipinski definition) is 2. The van der Waals surface area contributed by atoms with Crippen LogP contribution < -0.4 is 0 Å². The van der Waals surface area contributed by atoms with Crippen molar-refractivity contribution in [3.63, 3.8) is 0 Å². The summed E-state index contributed by atoms with van der Waals surface area (Å²) in [5.74, 6) is -0.972. The zero-order valence-electron chi connectivity index (χ0n) is 12.4. The molecule has 2 N–H and O–H groups in total. The maximum atomic E-state index is 13.0. The maximum absolute atomic E-state index is 13.0. The van der Waals surface area contributed by atoms with Crippen LogP contribution in [-0.2, 0) is 0 Å². The summed E-state index contributed by atoms with van der Waals surface area (Å²) in [7, 11) is 0. The fraction of sp³-hybridized carbons (Fsp3) is 0.294. The summed E-state index contributed by atoms with van der Waals surface area (Å²) in [6.07, 6.45) is 2.23. The molecule has 1 aromatic carbocycles. The van der Waals surface area contributed by atoms with Crippen molar-refractivity contribution in [2.75, 3.05) is 6.54 Å². The summed E-state index contributed by atoms with van der Waals surface area (Å²) >= 11 is 0. The lowest BCUT2D eigenvalue weighted by Crippen LogP contribution is -2.37. The number of aliphatic hydroxyl groups is 1. The molecule has 0 saturated heterocycles. The quantitative estimate of drug-likeness (QED) is 0.887. The van der Waals surface area contributed by atoms with Gasteiger partial charge in [0.2, 0.25) is 0 Å². The maximum Gasteiger partial charge on any atom is 0.276 e. The van der Waals surface area contributed by atoms with Crippen LogP contribution in [0.2, 0.25) is 0 Å². The smallest absolute Gasteiger partial charge is 0.276 e. The van der Waals surface area contributed by atoms with Gasteiger partial charge in [-0.25, -0.2) is 9.37 Å². The van der Waals surface area contributed by atoms with E-state index in [1.807, 2.05) is 0 Å². The lowest BCUT2D eigenvalue weighted by atomic mass is 10.1. The number of hydrogen-bond acceptors (Lipinski definition) is 4. The van der Waals surface area contributed by atoms with Gasteiger partial charge < -0.3 is 15.1 Å². The van der Waals surface area contributed by atoms with Gasteiger partial charge in [0, 0.05) is 12.2 Å². The summed E-state index contributed by atoms with van der Waals surface area (Å²) in [6, 6.07) is 8.52. The van der Waals surface area contributed by atoms with Crippen LogP contribution in [0.1, 0.15) is 35.0 Å². The van der Waals surface area contributed by atoms with E-state index in [0.29, 0.717) is 5.56 Å². The van der Waals surface area contributed by atoms with Crippen LogP contribution in [0.15, 0.2) is 42.6 Å². The molecule has 6 heteroatoms. The molecule has 1 fully saturated rings. The Morgan fingerprint density at radius 3 is 2.61 bits per heavy atom. The molecule has 1 aliphatic rings. The van der Waals surface area contributed by atoms with Crippen molar-refractivity contribution in [3.05, 3.63) is 59.7 Å². The zero-order chi connectivity index (χ0) is 16.4. The van der Waals surface area contributed by atoms with Crippen molar-refractivity contribution in [2.24, 2.45) is 0 Å². The number of aromatic hydroxyl groups is 1. The van der Waals surface area contributed by atoms with E-state index >= 15 is 0 Å². The second kappa shape index (κ2) is 6.34. The standard InChI is InChI=1S/C17H17FN2O3/c18-12-5-3-11(4-6-12)15(22)10-20(13-7-8-13)17(23)16-14(21)2-1-9-19-16/h1-6,9,13,15,21-22H,7-8,10H2. The normalized spacial score (nSPS) is 15.2. The Bertz CT molecular complexity index is 701. The number of amides is 1. The van der Waals surface area contributed by atoms with Crippen LogP contribution in [-0.4, -0.2) is 38.6 Å². The van der Waals surface area contributed by atoms with Gasteiger partial charge in [-0.2, -0.15) is 0 Å². The van der Waals surface area contributed by atoms with E-state index in [9.17, 15) is 19.4 Å². The highest BCUT2D eigenvalue weighted by Gasteiger charge is 2.35. The lowest BCUT2D eigenvalue weighted by molar-refractivity contribution is 0.0594. The van der Waals surface area contributed by atoms with Crippen molar-refractivity contribution in [2.45, 2.75) is 25.0 Å². The molecule has 0 spiro atoms. The average Bonchev–Trinajstić information content (AvgIpc) is 3.37. The van der Waals surface area contributed by atoms with Crippen LogP contribution >= 0.6 is 0 Å². The average molecular weight is 316 g/mol. The molecule has 3 rings (SSSR count). The molecule has 1 unspecified atom stereocenters. The second-order valence-corrected chi connectivity index (χ2v) is 5.63. The first-order valence-corrected chi connectivity index (χ1v) is 7.44. The van der Waals surface area contributed by atoms with Gasteiger partial charge in [-0.3, -0.25) is 4.79 Å². The number of carbonyl (C=O) groups excluding carboxylic acids is 1. The first kappa shape index (κ1) is 15.4. The third kappa shape index (κ3) is 3.48. The number of benzene rings is 1. The Labute approximate surface area is 133 Å². The molecular formula is C17H17FN2O3. The van der Waals surface area contributed by atoms with Crippen molar-refractivity contribution >= 4 is 5.91 Å². The van der Waals surface area contributed by atoms with Gasteiger partial charge in [0.15, 0.2) is 5.69 Å². The topological polar surface area (TPSA) is 73.7 Å².